The van der Waals surface area contributed by atoms with Gasteiger partial charge >= 0.3 is 0 Å². The molecule has 3 aliphatic carbocycles. The van der Waals surface area contributed by atoms with Crippen molar-refractivity contribution in [2.75, 3.05) is 0 Å². The molecule has 3 aliphatic rings. The summed E-state index contributed by atoms with van der Waals surface area (Å²) in [5, 5.41) is 9.63. The third-order valence-electron chi connectivity index (χ3n) is 3.97. The van der Waals surface area contributed by atoms with Crippen LogP contribution in [0.3, 0.4) is 0 Å². The maximum Gasteiger partial charge on any atom is 0.0577 e. The Labute approximate surface area is 67.1 Å². The molecule has 1 nitrogen and oxygen atoms in total. The third-order valence-corrected chi connectivity index (χ3v) is 3.97. The minimum atomic E-state index is 0.0315. The molecule has 2 bridgehead atoms. The molecular formula is C10H14O. The number of aliphatic hydroxyl groups excluding tert-OH is 1. The number of aliphatic hydroxyl groups is 1. The van der Waals surface area contributed by atoms with Gasteiger partial charge in [-0.2, -0.15) is 0 Å². The predicted octanol–water partition coefficient (Wildman–Crippen LogP) is 1.58. The average Bonchev–Trinajstić information content (AvgIpc) is 2.52. The fourth-order valence-electron chi connectivity index (χ4n) is 3.51. The molecule has 60 valence electrons. The second-order valence-corrected chi connectivity index (χ2v) is 4.37. The smallest absolute Gasteiger partial charge is 0.0577 e. The van der Waals surface area contributed by atoms with Crippen LogP contribution in [0, 0.1) is 23.7 Å². The Hall–Kier alpha value is -0.300. The molecule has 0 aliphatic heterocycles. The van der Waals surface area contributed by atoms with Crippen molar-refractivity contribution in [2.45, 2.75) is 25.4 Å². The molecule has 0 aromatic carbocycles. The fourth-order valence-corrected chi connectivity index (χ4v) is 3.51. The predicted molar refractivity (Wildman–Crippen MR) is 43.0 cm³/mol. The van der Waals surface area contributed by atoms with Gasteiger partial charge in [-0.15, -0.1) is 0 Å². The normalized spacial score (nSPS) is 58.8. The molecule has 3 rings (SSSR count). The lowest BCUT2D eigenvalue weighted by molar-refractivity contribution is 0.0746. The van der Waals surface area contributed by atoms with Crippen LogP contribution < -0.4 is 0 Å². The highest BCUT2D eigenvalue weighted by molar-refractivity contribution is 5.14. The minimum Gasteiger partial charge on any atom is -0.393 e. The molecular weight excluding hydrogens is 136 g/mol. The van der Waals surface area contributed by atoms with E-state index < -0.39 is 0 Å². The number of hydrogen-bond acceptors (Lipinski definition) is 1. The summed E-state index contributed by atoms with van der Waals surface area (Å²) in [7, 11) is 0. The number of fused-ring (bicyclic) bond motifs is 5. The molecule has 0 aromatic heterocycles. The maximum absolute atomic E-state index is 9.63. The number of allylic oxidation sites excluding steroid dienone is 2. The molecule has 5 atom stereocenters. The summed E-state index contributed by atoms with van der Waals surface area (Å²) in [6.07, 6.45) is 8.38. The summed E-state index contributed by atoms with van der Waals surface area (Å²) >= 11 is 0. The molecule has 0 heterocycles. The Morgan fingerprint density at radius 3 is 3.00 bits per heavy atom. The highest BCUT2D eigenvalue weighted by Gasteiger charge is 2.51. The van der Waals surface area contributed by atoms with Crippen LogP contribution in [0.15, 0.2) is 12.2 Å². The van der Waals surface area contributed by atoms with Crippen LogP contribution in [-0.4, -0.2) is 11.2 Å². The zero-order valence-corrected chi connectivity index (χ0v) is 6.61. The van der Waals surface area contributed by atoms with Crippen LogP contribution in [0.2, 0.25) is 0 Å². The number of hydrogen-bond donors (Lipinski definition) is 1. The number of rotatable bonds is 0. The Bertz CT molecular complexity index is 209. The van der Waals surface area contributed by atoms with E-state index in [1.807, 2.05) is 0 Å². The second kappa shape index (κ2) is 1.89. The topological polar surface area (TPSA) is 20.2 Å². The van der Waals surface area contributed by atoms with Crippen LogP contribution in [0.5, 0.6) is 0 Å². The van der Waals surface area contributed by atoms with Crippen LogP contribution in [-0.2, 0) is 0 Å². The van der Waals surface area contributed by atoms with E-state index in [0.717, 1.165) is 24.2 Å². The van der Waals surface area contributed by atoms with Gasteiger partial charge < -0.3 is 5.11 Å². The first-order valence-electron chi connectivity index (χ1n) is 4.71. The van der Waals surface area contributed by atoms with Crippen molar-refractivity contribution in [3.05, 3.63) is 12.2 Å². The Kier molecular flexibility index (Phi) is 1.07. The summed E-state index contributed by atoms with van der Waals surface area (Å²) in [5.41, 5.74) is 0. The van der Waals surface area contributed by atoms with Crippen molar-refractivity contribution in [3.63, 3.8) is 0 Å². The summed E-state index contributed by atoms with van der Waals surface area (Å²) < 4.78 is 0. The fraction of sp³-hybridized carbons (Fsp3) is 0.800. The lowest BCUT2D eigenvalue weighted by Gasteiger charge is -2.27. The van der Waals surface area contributed by atoms with Crippen molar-refractivity contribution in [1.29, 1.82) is 0 Å². The molecule has 0 unspecified atom stereocenters. The van der Waals surface area contributed by atoms with E-state index in [1.54, 1.807) is 0 Å². The molecule has 2 saturated carbocycles. The van der Waals surface area contributed by atoms with Gasteiger partial charge in [0, 0.05) is 0 Å². The SMILES string of the molecule is O[C@H]1C[C@@H]2C[C@@H]1[C@@H]1C=CC[C@@H]21. The van der Waals surface area contributed by atoms with Gasteiger partial charge in [0.15, 0.2) is 0 Å². The van der Waals surface area contributed by atoms with Gasteiger partial charge in [0.25, 0.3) is 0 Å². The van der Waals surface area contributed by atoms with E-state index in [9.17, 15) is 5.11 Å². The first kappa shape index (κ1) is 6.24. The van der Waals surface area contributed by atoms with Crippen LogP contribution >= 0.6 is 0 Å². The van der Waals surface area contributed by atoms with Crippen LogP contribution in [0.1, 0.15) is 19.3 Å². The van der Waals surface area contributed by atoms with Gasteiger partial charge in [-0.05, 0) is 42.9 Å². The Morgan fingerprint density at radius 1 is 1.18 bits per heavy atom. The van der Waals surface area contributed by atoms with E-state index in [1.165, 1.54) is 12.8 Å². The molecule has 0 saturated heterocycles. The molecule has 0 spiro atoms. The Balaban J connectivity index is 1.94. The lowest BCUT2D eigenvalue weighted by atomic mass is 9.80. The second-order valence-electron chi connectivity index (χ2n) is 4.37. The van der Waals surface area contributed by atoms with Crippen LogP contribution in [0.25, 0.3) is 0 Å². The van der Waals surface area contributed by atoms with E-state index in [-0.39, 0.29) is 6.10 Å². The Morgan fingerprint density at radius 2 is 2.09 bits per heavy atom. The van der Waals surface area contributed by atoms with Crippen molar-refractivity contribution in [1.82, 2.24) is 0 Å². The molecule has 0 amide bonds. The van der Waals surface area contributed by atoms with Gasteiger partial charge in [-0.1, -0.05) is 12.2 Å². The van der Waals surface area contributed by atoms with E-state index in [2.05, 4.69) is 12.2 Å². The molecule has 1 heteroatoms. The van der Waals surface area contributed by atoms with Crippen molar-refractivity contribution in [2.24, 2.45) is 23.7 Å². The zero-order valence-electron chi connectivity index (χ0n) is 6.61. The van der Waals surface area contributed by atoms with Gasteiger partial charge in [0.2, 0.25) is 0 Å². The standard InChI is InChI=1S/C10H14O/c11-10-5-6-4-9(10)8-3-1-2-7(6)8/h1,3,6-11H,2,4-5H2/t6-,7-,8+,9+,10-/m0/s1. The molecule has 0 aromatic rings. The first-order valence-corrected chi connectivity index (χ1v) is 4.71. The third kappa shape index (κ3) is 0.652. The van der Waals surface area contributed by atoms with Crippen molar-refractivity contribution >= 4 is 0 Å². The van der Waals surface area contributed by atoms with Crippen LogP contribution in [0.4, 0.5) is 0 Å². The molecule has 2 fully saturated rings. The zero-order chi connectivity index (χ0) is 7.42. The summed E-state index contributed by atoms with van der Waals surface area (Å²) in [6, 6.07) is 0. The van der Waals surface area contributed by atoms with E-state index in [0.29, 0.717) is 5.92 Å². The quantitative estimate of drug-likeness (QED) is 0.520. The van der Waals surface area contributed by atoms with Gasteiger partial charge in [-0.25, -0.2) is 0 Å². The van der Waals surface area contributed by atoms with Gasteiger partial charge in [-0.3, -0.25) is 0 Å². The molecule has 0 radical (unpaired) electrons. The van der Waals surface area contributed by atoms with E-state index in [4.69, 9.17) is 0 Å². The van der Waals surface area contributed by atoms with Gasteiger partial charge in [0.1, 0.15) is 0 Å². The summed E-state index contributed by atoms with van der Waals surface area (Å²) in [5.74, 6) is 3.16. The van der Waals surface area contributed by atoms with Crippen molar-refractivity contribution < 1.29 is 5.11 Å². The highest BCUT2D eigenvalue weighted by atomic mass is 16.3. The molecule has 1 N–H and O–H groups in total. The summed E-state index contributed by atoms with van der Waals surface area (Å²) in [4.78, 5) is 0. The lowest BCUT2D eigenvalue weighted by Crippen LogP contribution is -2.27. The largest absolute Gasteiger partial charge is 0.393 e. The van der Waals surface area contributed by atoms with E-state index >= 15 is 0 Å². The molecule has 11 heavy (non-hydrogen) atoms. The van der Waals surface area contributed by atoms with Gasteiger partial charge in [0.05, 0.1) is 6.10 Å². The minimum absolute atomic E-state index is 0.0315. The first-order chi connectivity index (χ1) is 5.36. The highest BCUT2D eigenvalue weighted by Crippen LogP contribution is 2.56. The summed E-state index contributed by atoms with van der Waals surface area (Å²) in [6.45, 7) is 0. The average molecular weight is 150 g/mol. The monoisotopic (exact) mass is 150 g/mol. The maximum atomic E-state index is 9.63. The van der Waals surface area contributed by atoms with Crippen molar-refractivity contribution in [3.8, 4) is 0 Å².